The molecule has 0 aromatic rings. The molecule has 0 atom stereocenters. The van der Waals surface area contributed by atoms with Gasteiger partial charge in [0, 0.05) is 0 Å². The molecule has 0 aromatic carbocycles. The zero-order valence-corrected chi connectivity index (χ0v) is 6.03. The molecule has 0 heteroatoms. The summed E-state index contributed by atoms with van der Waals surface area (Å²) in [4.78, 5) is 0. The molecule has 0 radical (unpaired) electrons. The molecule has 0 N–H and O–H groups in total. The lowest BCUT2D eigenvalue weighted by Crippen LogP contribution is -1.62. The fraction of sp³-hybridized carbons (Fsp3) is 0.200. The van der Waals surface area contributed by atoms with Gasteiger partial charge in [-0.25, -0.2) is 0 Å². The van der Waals surface area contributed by atoms with Gasteiger partial charge in [0.2, 0.25) is 0 Å². The Labute approximate surface area is 62.3 Å². The van der Waals surface area contributed by atoms with Crippen molar-refractivity contribution in [2.45, 2.75) is 12.8 Å². The predicted octanol–water partition coefficient (Wildman–Crippen LogP) is 3.01. The van der Waals surface area contributed by atoms with E-state index >= 15 is 0 Å². The Morgan fingerprint density at radius 1 is 0.500 bits per heavy atom. The molecule has 52 valence electrons. The van der Waals surface area contributed by atoms with E-state index in [0.717, 1.165) is 12.8 Å². The van der Waals surface area contributed by atoms with Crippen molar-refractivity contribution in [1.29, 1.82) is 0 Å². The first-order valence-electron chi connectivity index (χ1n) is 3.63. The lowest BCUT2D eigenvalue weighted by Gasteiger charge is -1.83. The van der Waals surface area contributed by atoms with Crippen molar-refractivity contribution in [3.05, 3.63) is 48.6 Å². The monoisotopic (exact) mass is 132 g/mol. The highest BCUT2D eigenvalue weighted by molar-refractivity contribution is 5.12. The fourth-order valence-electron chi connectivity index (χ4n) is 0.786. The van der Waals surface area contributed by atoms with Crippen molar-refractivity contribution in [2.75, 3.05) is 0 Å². The average Bonchev–Trinajstić information content (AvgIpc) is 2.01. The van der Waals surface area contributed by atoms with Crippen LogP contribution < -0.4 is 0 Å². The molecule has 0 saturated heterocycles. The van der Waals surface area contributed by atoms with Crippen LogP contribution in [0.5, 0.6) is 0 Å². The van der Waals surface area contributed by atoms with E-state index in [1.807, 2.05) is 0 Å². The molecule has 0 spiro atoms. The van der Waals surface area contributed by atoms with Gasteiger partial charge < -0.3 is 0 Å². The van der Waals surface area contributed by atoms with Gasteiger partial charge in [0.05, 0.1) is 0 Å². The van der Waals surface area contributed by atoms with Crippen molar-refractivity contribution in [3.8, 4) is 0 Å². The van der Waals surface area contributed by atoms with E-state index in [-0.39, 0.29) is 0 Å². The molecule has 0 fully saturated rings. The molecule has 0 nitrogen and oxygen atoms in total. The van der Waals surface area contributed by atoms with Crippen LogP contribution in [0, 0.1) is 0 Å². The van der Waals surface area contributed by atoms with Crippen LogP contribution in [0.15, 0.2) is 48.6 Å². The summed E-state index contributed by atoms with van der Waals surface area (Å²) < 4.78 is 0. The minimum atomic E-state index is 1.04. The van der Waals surface area contributed by atoms with Crippen molar-refractivity contribution in [3.63, 3.8) is 0 Å². The zero-order chi connectivity index (χ0) is 7.07. The van der Waals surface area contributed by atoms with E-state index in [1.54, 1.807) is 0 Å². The van der Waals surface area contributed by atoms with Crippen LogP contribution in [0.1, 0.15) is 12.8 Å². The van der Waals surface area contributed by atoms with Gasteiger partial charge in [-0.15, -0.1) is 0 Å². The third-order valence-electron chi connectivity index (χ3n) is 1.31. The van der Waals surface area contributed by atoms with Gasteiger partial charge >= 0.3 is 0 Å². The minimum Gasteiger partial charge on any atom is -0.0808 e. The lowest BCUT2D eigenvalue weighted by atomic mass is 10.2. The molecule has 1 aliphatic rings. The third kappa shape index (κ3) is 3.08. The van der Waals surface area contributed by atoms with Gasteiger partial charge in [-0.3, -0.25) is 0 Å². The van der Waals surface area contributed by atoms with Gasteiger partial charge in [0.15, 0.2) is 0 Å². The molecular formula is C10H12. The molecule has 1 rings (SSSR count). The molecule has 1 aliphatic carbocycles. The standard InChI is InChI=1S/C10H12/c1-2-4-6-8-10-9-7-5-3-1/h1-4,7-10H,5-6H2/b3-1-,4-2-,9-7-,10-8-. The van der Waals surface area contributed by atoms with Crippen molar-refractivity contribution >= 4 is 0 Å². The van der Waals surface area contributed by atoms with Gasteiger partial charge in [0.1, 0.15) is 0 Å². The molecule has 0 unspecified atom stereocenters. The Balaban J connectivity index is 2.50. The Morgan fingerprint density at radius 3 is 1.10 bits per heavy atom. The van der Waals surface area contributed by atoms with Crippen LogP contribution in [0.3, 0.4) is 0 Å². The van der Waals surface area contributed by atoms with E-state index in [0.29, 0.717) is 0 Å². The summed E-state index contributed by atoms with van der Waals surface area (Å²) in [6.45, 7) is 0. The Morgan fingerprint density at radius 2 is 0.800 bits per heavy atom. The summed E-state index contributed by atoms with van der Waals surface area (Å²) in [5.74, 6) is 0. The second-order valence-electron chi connectivity index (χ2n) is 2.18. The number of hydrogen-bond acceptors (Lipinski definition) is 0. The van der Waals surface area contributed by atoms with Gasteiger partial charge in [0.25, 0.3) is 0 Å². The normalized spacial score (nSPS) is 30.4. The highest BCUT2D eigenvalue weighted by Gasteiger charge is 1.72. The van der Waals surface area contributed by atoms with Crippen LogP contribution in [-0.4, -0.2) is 0 Å². The summed E-state index contributed by atoms with van der Waals surface area (Å²) in [6.07, 6.45) is 19.0. The van der Waals surface area contributed by atoms with Crippen LogP contribution >= 0.6 is 0 Å². The van der Waals surface area contributed by atoms with Gasteiger partial charge in [-0.2, -0.15) is 0 Å². The average molecular weight is 132 g/mol. The number of rotatable bonds is 0. The molecule has 0 aliphatic heterocycles. The molecular weight excluding hydrogens is 120 g/mol. The van der Waals surface area contributed by atoms with Crippen LogP contribution in [-0.2, 0) is 0 Å². The fourth-order valence-corrected chi connectivity index (χ4v) is 0.786. The predicted molar refractivity (Wildman–Crippen MR) is 45.8 cm³/mol. The maximum absolute atomic E-state index is 2.14. The third-order valence-corrected chi connectivity index (χ3v) is 1.31. The van der Waals surface area contributed by atoms with E-state index in [1.165, 1.54) is 0 Å². The number of allylic oxidation sites excluding steroid dienone is 8. The maximum Gasteiger partial charge on any atom is -0.0163 e. The first kappa shape index (κ1) is 7.07. The van der Waals surface area contributed by atoms with Gasteiger partial charge in [-0.1, -0.05) is 48.6 Å². The van der Waals surface area contributed by atoms with E-state index in [9.17, 15) is 0 Å². The van der Waals surface area contributed by atoms with Crippen LogP contribution in [0.25, 0.3) is 0 Å². The smallest absolute Gasteiger partial charge is 0.0163 e. The SMILES string of the molecule is C1=C\C/C=C\C=C/C\C=C/1. The Bertz CT molecular complexity index is 138. The molecule has 0 amide bonds. The topological polar surface area (TPSA) is 0 Å². The first-order chi connectivity index (χ1) is 5.00. The van der Waals surface area contributed by atoms with E-state index in [2.05, 4.69) is 48.6 Å². The number of hydrogen-bond donors (Lipinski definition) is 0. The summed E-state index contributed by atoms with van der Waals surface area (Å²) in [5.41, 5.74) is 0. The second-order valence-corrected chi connectivity index (χ2v) is 2.18. The molecule has 0 saturated carbocycles. The minimum absolute atomic E-state index is 1.04. The summed E-state index contributed by atoms with van der Waals surface area (Å²) in [6, 6.07) is 0. The van der Waals surface area contributed by atoms with Crippen LogP contribution in [0.4, 0.5) is 0 Å². The largest absolute Gasteiger partial charge is 0.0808 e. The van der Waals surface area contributed by atoms with Crippen molar-refractivity contribution in [1.82, 2.24) is 0 Å². The first-order valence-corrected chi connectivity index (χ1v) is 3.63. The molecule has 0 heterocycles. The summed E-state index contributed by atoms with van der Waals surface area (Å²) in [5, 5.41) is 0. The van der Waals surface area contributed by atoms with E-state index in [4.69, 9.17) is 0 Å². The quantitative estimate of drug-likeness (QED) is 0.475. The van der Waals surface area contributed by atoms with Crippen LogP contribution in [0.2, 0.25) is 0 Å². The van der Waals surface area contributed by atoms with E-state index < -0.39 is 0 Å². The highest BCUT2D eigenvalue weighted by Crippen LogP contribution is 1.93. The van der Waals surface area contributed by atoms with Crippen molar-refractivity contribution in [2.24, 2.45) is 0 Å². The highest BCUT2D eigenvalue weighted by atomic mass is 13.8. The summed E-state index contributed by atoms with van der Waals surface area (Å²) >= 11 is 0. The lowest BCUT2D eigenvalue weighted by molar-refractivity contribution is 1.35. The molecule has 0 aromatic heterocycles. The Kier molecular flexibility index (Phi) is 3.40. The molecule has 10 heavy (non-hydrogen) atoms. The van der Waals surface area contributed by atoms with Crippen molar-refractivity contribution < 1.29 is 0 Å². The second kappa shape index (κ2) is 4.80. The molecule has 0 bridgehead atoms. The summed E-state index contributed by atoms with van der Waals surface area (Å²) in [7, 11) is 0. The zero-order valence-electron chi connectivity index (χ0n) is 6.03. The maximum atomic E-state index is 2.14. The van der Waals surface area contributed by atoms with Gasteiger partial charge in [-0.05, 0) is 12.8 Å². The Hall–Kier alpha value is -1.04.